The number of nitrogens with two attached hydrogens (primary N) is 1. The molecule has 0 bridgehead atoms. The molecule has 2 rings (SSSR count). The highest BCUT2D eigenvalue weighted by Gasteiger charge is 2.30. The van der Waals surface area contributed by atoms with Gasteiger partial charge in [-0.3, -0.25) is 0 Å². The van der Waals surface area contributed by atoms with E-state index in [0.717, 1.165) is 12.1 Å². The Bertz CT molecular complexity index is 672. The normalized spacial score (nSPS) is 10.9. The van der Waals surface area contributed by atoms with E-state index in [1.165, 1.54) is 24.3 Å². The summed E-state index contributed by atoms with van der Waals surface area (Å²) in [5, 5.41) is 11.6. The number of hydrogen-bond acceptors (Lipinski definition) is 3. The van der Waals surface area contributed by atoms with Gasteiger partial charge in [0.25, 0.3) is 0 Å². The summed E-state index contributed by atoms with van der Waals surface area (Å²) in [4.78, 5) is 0. The maximum absolute atomic E-state index is 12.6. The number of nitrogens with zero attached hydrogens (tertiary/aromatic N) is 1. The third-order valence-electron chi connectivity index (χ3n) is 2.65. The van der Waals surface area contributed by atoms with Crippen molar-refractivity contribution in [2.45, 2.75) is 6.18 Å². The van der Waals surface area contributed by atoms with Crippen molar-refractivity contribution < 1.29 is 13.2 Å². The molecule has 0 saturated carbocycles. The quantitative estimate of drug-likeness (QED) is 0.818. The van der Waals surface area contributed by atoms with Crippen LogP contribution in [-0.2, 0) is 6.18 Å². The van der Waals surface area contributed by atoms with E-state index < -0.39 is 11.7 Å². The molecule has 102 valence electrons. The summed E-state index contributed by atoms with van der Waals surface area (Å²) >= 11 is 0. The number of rotatable bonds is 2. The molecule has 0 atom stereocenters. The van der Waals surface area contributed by atoms with E-state index in [-0.39, 0.29) is 5.69 Å². The highest BCUT2D eigenvalue weighted by molar-refractivity contribution is 5.68. The van der Waals surface area contributed by atoms with Crippen LogP contribution in [0.1, 0.15) is 11.1 Å². The molecule has 3 N–H and O–H groups in total. The minimum atomic E-state index is -4.39. The minimum Gasteiger partial charge on any atom is -0.398 e. The maximum Gasteiger partial charge on any atom is 0.416 e. The summed E-state index contributed by atoms with van der Waals surface area (Å²) in [6, 6.07) is 11.3. The Morgan fingerprint density at radius 2 is 1.75 bits per heavy atom. The highest BCUT2D eigenvalue weighted by Crippen LogP contribution is 2.31. The number of anilines is 3. The maximum atomic E-state index is 12.6. The predicted octanol–water partition coefficient (Wildman–Crippen LogP) is 3.90. The van der Waals surface area contributed by atoms with Gasteiger partial charge >= 0.3 is 6.18 Å². The van der Waals surface area contributed by atoms with Crippen molar-refractivity contribution in [1.29, 1.82) is 5.26 Å². The molecule has 0 radical (unpaired) electrons. The van der Waals surface area contributed by atoms with E-state index >= 15 is 0 Å². The number of nitrogen functional groups attached to an aromatic ring is 1. The van der Waals surface area contributed by atoms with Gasteiger partial charge in [-0.15, -0.1) is 0 Å². The van der Waals surface area contributed by atoms with Gasteiger partial charge in [0.2, 0.25) is 0 Å². The van der Waals surface area contributed by atoms with Crippen molar-refractivity contribution >= 4 is 17.1 Å². The smallest absolute Gasteiger partial charge is 0.398 e. The number of nitriles is 1. The van der Waals surface area contributed by atoms with Crippen LogP contribution in [0.15, 0.2) is 42.5 Å². The average molecular weight is 277 g/mol. The van der Waals surface area contributed by atoms with Crippen molar-refractivity contribution in [2.24, 2.45) is 0 Å². The molecule has 20 heavy (non-hydrogen) atoms. The first-order valence-electron chi connectivity index (χ1n) is 5.64. The molecule has 2 aromatic rings. The Hall–Kier alpha value is -2.68. The molecule has 0 heterocycles. The third kappa shape index (κ3) is 3.01. The Labute approximate surface area is 113 Å². The standard InChI is InChI=1S/C14H10F3N3/c15-14(16,17)10-2-1-3-11(6-10)20-12-5-4-9(8-18)13(19)7-12/h1-7,20H,19H2. The monoisotopic (exact) mass is 277 g/mol. The van der Waals surface area contributed by atoms with Gasteiger partial charge in [0, 0.05) is 11.4 Å². The van der Waals surface area contributed by atoms with Gasteiger partial charge in [-0.25, -0.2) is 0 Å². The molecule has 0 aliphatic carbocycles. The van der Waals surface area contributed by atoms with Crippen LogP contribution in [0.5, 0.6) is 0 Å². The van der Waals surface area contributed by atoms with E-state index in [1.54, 1.807) is 6.07 Å². The van der Waals surface area contributed by atoms with Crippen molar-refractivity contribution in [3.8, 4) is 6.07 Å². The van der Waals surface area contributed by atoms with E-state index in [4.69, 9.17) is 11.0 Å². The van der Waals surface area contributed by atoms with Crippen LogP contribution in [0.4, 0.5) is 30.2 Å². The molecular formula is C14H10F3N3. The first-order valence-corrected chi connectivity index (χ1v) is 5.64. The number of benzene rings is 2. The predicted molar refractivity (Wildman–Crippen MR) is 70.3 cm³/mol. The van der Waals surface area contributed by atoms with Crippen LogP contribution in [0.3, 0.4) is 0 Å². The fourth-order valence-corrected chi connectivity index (χ4v) is 1.68. The summed E-state index contributed by atoms with van der Waals surface area (Å²) in [6.07, 6.45) is -4.39. The van der Waals surface area contributed by atoms with Gasteiger partial charge in [0.1, 0.15) is 6.07 Å². The Morgan fingerprint density at radius 3 is 2.35 bits per heavy atom. The molecule has 2 aromatic carbocycles. The Morgan fingerprint density at radius 1 is 1.05 bits per heavy atom. The largest absolute Gasteiger partial charge is 0.416 e. The van der Waals surface area contributed by atoms with Crippen LogP contribution < -0.4 is 11.1 Å². The summed E-state index contributed by atoms with van der Waals surface area (Å²) in [5.74, 6) is 0. The zero-order chi connectivity index (χ0) is 14.8. The van der Waals surface area contributed by atoms with Gasteiger partial charge in [0.15, 0.2) is 0 Å². The molecule has 0 aliphatic heterocycles. The van der Waals surface area contributed by atoms with Crippen LogP contribution in [-0.4, -0.2) is 0 Å². The molecule has 6 heteroatoms. The lowest BCUT2D eigenvalue weighted by atomic mass is 10.1. The number of hydrogen-bond donors (Lipinski definition) is 2. The topological polar surface area (TPSA) is 61.8 Å². The van der Waals surface area contributed by atoms with Crippen LogP contribution in [0.25, 0.3) is 0 Å². The molecule has 3 nitrogen and oxygen atoms in total. The van der Waals surface area contributed by atoms with Gasteiger partial charge in [-0.05, 0) is 36.4 Å². The zero-order valence-corrected chi connectivity index (χ0v) is 10.2. The van der Waals surface area contributed by atoms with Gasteiger partial charge in [0.05, 0.1) is 16.8 Å². The second kappa shape index (κ2) is 5.13. The lowest BCUT2D eigenvalue weighted by molar-refractivity contribution is -0.137. The van der Waals surface area contributed by atoms with Gasteiger partial charge in [-0.2, -0.15) is 18.4 Å². The van der Waals surface area contributed by atoms with Crippen LogP contribution in [0, 0.1) is 11.3 Å². The third-order valence-corrected chi connectivity index (χ3v) is 2.65. The SMILES string of the molecule is N#Cc1ccc(Nc2cccc(C(F)(F)F)c2)cc1N. The highest BCUT2D eigenvalue weighted by atomic mass is 19.4. The molecule has 0 unspecified atom stereocenters. The Kier molecular flexibility index (Phi) is 3.53. The van der Waals surface area contributed by atoms with Gasteiger partial charge in [-0.1, -0.05) is 6.07 Å². The van der Waals surface area contributed by atoms with Crippen LogP contribution >= 0.6 is 0 Å². The fourth-order valence-electron chi connectivity index (χ4n) is 1.68. The molecule has 0 aromatic heterocycles. The molecule has 0 fully saturated rings. The fraction of sp³-hybridized carbons (Fsp3) is 0.0714. The molecular weight excluding hydrogens is 267 g/mol. The van der Waals surface area contributed by atoms with Crippen molar-refractivity contribution in [3.63, 3.8) is 0 Å². The van der Waals surface area contributed by atoms with Crippen LogP contribution in [0.2, 0.25) is 0 Å². The van der Waals surface area contributed by atoms with E-state index in [1.807, 2.05) is 6.07 Å². The second-order valence-corrected chi connectivity index (χ2v) is 4.12. The lowest BCUT2D eigenvalue weighted by Gasteiger charge is -2.11. The van der Waals surface area contributed by atoms with Crippen molar-refractivity contribution in [2.75, 3.05) is 11.1 Å². The first-order chi connectivity index (χ1) is 9.40. The molecule has 0 spiro atoms. The summed E-state index contributed by atoms with van der Waals surface area (Å²) in [6.45, 7) is 0. The minimum absolute atomic E-state index is 0.268. The number of nitrogens with one attached hydrogen (secondary N) is 1. The summed E-state index contributed by atoms with van der Waals surface area (Å²) < 4.78 is 37.8. The molecule has 0 amide bonds. The second-order valence-electron chi connectivity index (χ2n) is 4.12. The van der Waals surface area contributed by atoms with Crippen molar-refractivity contribution in [1.82, 2.24) is 0 Å². The van der Waals surface area contributed by atoms with E-state index in [9.17, 15) is 13.2 Å². The molecule has 0 saturated heterocycles. The average Bonchev–Trinajstić information content (AvgIpc) is 2.38. The first kappa shape index (κ1) is 13.7. The summed E-state index contributed by atoms with van der Waals surface area (Å²) in [7, 11) is 0. The molecule has 0 aliphatic rings. The summed E-state index contributed by atoms with van der Waals surface area (Å²) in [5.41, 5.74) is 6.31. The lowest BCUT2D eigenvalue weighted by Crippen LogP contribution is -2.05. The zero-order valence-electron chi connectivity index (χ0n) is 10.2. The van der Waals surface area contributed by atoms with E-state index in [2.05, 4.69) is 5.32 Å². The van der Waals surface area contributed by atoms with Gasteiger partial charge < -0.3 is 11.1 Å². The Balaban J connectivity index is 2.27. The van der Waals surface area contributed by atoms with Crippen molar-refractivity contribution in [3.05, 3.63) is 53.6 Å². The van der Waals surface area contributed by atoms with E-state index in [0.29, 0.717) is 16.9 Å². The number of halogens is 3. The number of alkyl halides is 3.